The third-order valence-corrected chi connectivity index (χ3v) is 5.42. The molecule has 9 nitrogen and oxygen atoms in total. The summed E-state index contributed by atoms with van der Waals surface area (Å²) in [5.74, 6) is -1.49. The molecule has 0 unspecified atom stereocenters. The molecular formula is C20H24F3N5O4. The van der Waals surface area contributed by atoms with E-state index in [1.807, 2.05) is 4.90 Å². The Kier molecular flexibility index (Phi) is 7.33. The third-order valence-electron chi connectivity index (χ3n) is 5.42. The van der Waals surface area contributed by atoms with E-state index < -0.39 is 29.6 Å². The molecule has 2 fully saturated rings. The summed E-state index contributed by atoms with van der Waals surface area (Å²) in [4.78, 5) is 53.3. The molecule has 32 heavy (non-hydrogen) atoms. The van der Waals surface area contributed by atoms with Crippen molar-refractivity contribution >= 4 is 29.8 Å². The molecule has 1 aromatic rings. The van der Waals surface area contributed by atoms with Crippen molar-refractivity contribution < 1.29 is 32.3 Å². The number of nitrogens with one attached hydrogen (secondary N) is 2. The minimum Gasteiger partial charge on any atom is -0.353 e. The molecule has 3 rings (SSSR count). The normalized spacial score (nSPS) is 20.0. The molecule has 2 heterocycles. The van der Waals surface area contributed by atoms with E-state index in [1.54, 1.807) is 4.90 Å². The first-order valence-corrected chi connectivity index (χ1v) is 10.1. The minimum atomic E-state index is -4.55. The molecule has 1 atom stereocenters. The van der Waals surface area contributed by atoms with Crippen LogP contribution in [0.15, 0.2) is 24.3 Å². The predicted octanol–water partition coefficient (Wildman–Crippen LogP) is 0.135. The molecule has 174 valence electrons. The number of anilines is 1. The number of alkyl halides is 3. The number of nitrogens with zero attached hydrogens (tertiary/aromatic N) is 3. The highest BCUT2D eigenvalue weighted by Crippen LogP contribution is 2.30. The number of hydrogen-bond acceptors (Lipinski definition) is 5. The summed E-state index contributed by atoms with van der Waals surface area (Å²) >= 11 is 0. The van der Waals surface area contributed by atoms with Crippen LogP contribution in [-0.2, 0) is 25.4 Å². The van der Waals surface area contributed by atoms with Gasteiger partial charge in [-0.3, -0.25) is 24.1 Å². The molecule has 2 aliphatic heterocycles. The third kappa shape index (κ3) is 5.96. The summed E-state index contributed by atoms with van der Waals surface area (Å²) in [6.07, 6.45) is -4.18. The first-order valence-electron chi connectivity index (χ1n) is 10.1. The van der Waals surface area contributed by atoms with Crippen molar-refractivity contribution in [3.63, 3.8) is 0 Å². The Morgan fingerprint density at radius 2 is 1.88 bits per heavy atom. The number of hydrogen-bond donors (Lipinski definition) is 2. The number of rotatable bonds is 6. The largest absolute Gasteiger partial charge is 0.416 e. The highest BCUT2D eigenvalue weighted by molar-refractivity contribution is 5.97. The van der Waals surface area contributed by atoms with E-state index in [4.69, 9.17) is 0 Å². The van der Waals surface area contributed by atoms with E-state index in [0.717, 1.165) is 18.5 Å². The fourth-order valence-electron chi connectivity index (χ4n) is 3.69. The van der Waals surface area contributed by atoms with Gasteiger partial charge < -0.3 is 20.4 Å². The Balaban J connectivity index is 1.61. The summed E-state index contributed by atoms with van der Waals surface area (Å²) in [5, 5.41) is 4.98. The zero-order chi connectivity index (χ0) is 23.3. The fraction of sp³-hybridized carbons (Fsp3) is 0.500. The second kappa shape index (κ2) is 9.98. The lowest BCUT2D eigenvalue weighted by Gasteiger charge is -2.37. The number of benzene rings is 1. The Labute approximate surface area is 182 Å². The topological polar surface area (TPSA) is 102 Å². The lowest BCUT2D eigenvalue weighted by Crippen LogP contribution is -2.60. The van der Waals surface area contributed by atoms with Gasteiger partial charge in [-0.15, -0.1) is 0 Å². The van der Waals surface area contributed by atoms with Crippen LogP contribution in [0.5, 0.6) is 0 Å². The number of amides is 4. The summed E-state index contributed by atoms with van der Waals surface area (Å²) in [7, 11) is 0. The molecule has 2 saturated heterocycles. The molecule has 12 heteroatoms. The van der Waals surface area contributed by atoms with Gasteiger partial charge in [0, 0.05) is 45.0 Å². The first kappa shape index (κ1) is 23.5. The molecule has 0 saturated carbocycles. The van der Waals surface area contributed by atoms with Gasteiger partial charge in [-0.2, -0.15) is 13.2 Å². The van der Waals surface area contributed by atoms with E-state index in [1.165, 1.54) is 17.0 Å². The highest BCUT2D eigenvalue weighted by Gasteiger charge is 2.36. The zero-order valence-electron chi connectivity index (χ0n) is 17.2. The molecule has 0 radical (unpaired) electrons. The second-order valence-corrected chi connectivity index (χ2v) is 7.64. The first-order chi connectivity index (χ1) is 15.2. The van der Waals surface area contributed by atoms with E-state index in [0.29, 0.717) is 26.2 Å². The predicted molar refractivity (Wildman–Crippen MR) is 107 cm³/mol. The van der Waals surface area contributed by atoms with Crippen LogP contribution in [0, 0.1) is 0 Å². The summed E-state index contributed by atoms with van der Waals surface area (Å²) in [6.45, 7) is 2.55. The molecule has 0 spiro atoms. The average Bonchev–Trinajstić information content (AvgIpc) is 2.75. The van der Waals surface area contributed by atoms with Gasteiger partial charge in [0.25, 0.3) is 0 Å². The fourth-order valence-corrected chi connectivity index (χ4v) is 3.69. The minimum absolute atomic E-state index is 0.0473. The summed E-state index contributed by atoms with van der Waals surface area (Å²) < 4.78 is 38.6. The van der Waals surface area contributed by atoms with Gasteiger partial charge >= 0.3 is 6.18 Å². The lowest BCUT2D eigenvalue weighted by atomic mass is 10.1. The average molecular weight is 455 g/mol. The van der Waals surface area contributed by atoms with Gasteiger partial charge in [-0.05, 0) is 18.2 Å². The van der Waals surface area contributed by atoms with Crippen molar-refractivity contribution in [3.8, 4) is 0 Å². The molecule has 2 aliphatic rings. The summed E-state index contributed by atoms with van der Waals surface area (Å²) in [6, 6.07) is 3.13. The van der Waals surface area contributed by atoms with Crippen molar-refractivity contribution in [3.05, 3.63) is 29.8 Å². The van der Waals surface area contributed by atoms with E-state index in [9.17, 15) is 32.3 Å². The molecular weight excluding hydrogens is 431 g/mol. The van der Waals surface area contributed by atoms with Crippen LogP contribution in [0.3, 0.4) is 0 Å². The van der Waals surface area contributed by atoms with Gasteiger partial charge in [0.2, 0.25) is 24.1 Å². The number of carbonyl (C=O) groups is 4. The Morgan fingerprint density at radius 3 is 2.53 bits per heavy atom. The maximum atomic E-state index is 12.9. The standard InChI is InChI=1S/C20H24F3N5O4/c21-20(22,23)14-2-1-3-15(10-14)25-17(30)11-16-19(32)24-4-5-28(16)18(31)12-26-6-8-27(13-29)9-7-26/h1-3,10,13,16H,4-9,11-12H2,(H,24,32)(H,25,30)/t16-/m0/s1. The maximum Gasteiger partial charge on any atom is 0.416 e. The van der Waals surface area contributed by atoms with Crippen molar-refractivity contribution in [2.24, 2.45) is 0 Å². The van der Waals surface area contributed by atoms with Crippen molar-refractivity contribution in [2.75, 3.05) is 51.1 Å². The van der Waals surface area contributed by atoms with E-state index in [2.05, 4.69) is 10.6 Å². The van der Waals surface area contributed by atoms with Crippen LogP contribution in [0.2, 0.25) is 0 Å². The lowest BCUT2D eigenvalue weighted by molar-refractivity contribution is -0.145. The SMILES string of the molecule is O=CN1CCN(CC(=O)N2CCNC(=O)[C@@H]2CC(=O)Nc2cccc(C(F)(F)F)c2)CC1. The van der Waals surface area contributed by atoms with Gasteiger partial charge in [-0.1, -0.05) is 6.07 Å². The van der Waals surface area contributed by atoms with E-state index >= 15 is 0 Å². The Hall–Kier alpha value is -3.15. The van der Waals surface area contributed by atoms with Crippen molar-refractivity contribution in [1.82, 2.24) is 20.0 Å². The van der Waals surface area contributed by atoms with Crippen LogP contribution < -0.4 is 10.6 Å². The number of carbonyl (C=O) groups excluding carboxylic acids is 4. The zero-order valence-corrected chi connectivity index (χ0v) is 17.2. The quantitative estimate of drug-likeness (QED) is 0.594. The van der Waals surface area contributed by atoms with Crippen molar-refractivity contribution in [2.45, 2.75) is 18.6 Å². The van der Waals surface area contributed by atoms with Crippen LogP contribution >= 0.6 is 0 Å². The molecule has 0 aliphatic carbocycles. The molecule has 0 aromatic heterocycles. The highest BCUT2D eigenvalue weighted by atomic mass is 19.4. The molecule has 1 aromatic carbocycles. The van der Waals surface area contributed by atoms with E-state index in [-0.39, 0.29) is 37.6 Å². The molecule has 0 bridgehead atoms. The molecule has 4 amide bonds. The Morgan fingerprint density at radius 1 is 1.16 bits per heavy atom. The van der Waals surface area contributed by atoms with Crippen molar-refractivity contribution in [1.29, 1.82) is 0 Å². The second-order valence-electron chi connectivity index (χ2n) is 7.64. The maximum absolute atomic E-state index is 12.9. The molecule has 2 N–H and O–H groups in total. The van der Waals surface area contributed by atoms with Gasteiger partial charge in [0.05, 0.1) is 18.5 Å². The van der Waals surface area contributed by atoms with Crippen LogP contribution in [0.25, 0.3) is 0 Å². The Bertz CT molecular complexity index is 871. The summed E-state index contributed by atoms with van der Waals surface area (Å²) in [5.41, 5.74) is -0.954. The van der Waals surface area contributed by atoms with Crippen LogP contribution in [-0.4, -0.2) is 90.7 Å². The number of piperazine rings is 2. The monoisotopic (exact) mass is 455 g/mol. The van der Waals surface area contributed by atoms with Gasteiger partial charge in [0.15, 0.2) is 0 Å². The van der Waals surface area contributed by atoms with Crippen LogP contribution in [0.1, 0.15) is 12.0 Å². The number of halogens is 3. The van der Waals surface area contributed by atoms with Gasteiger partial charge in [0.1, 0.15) is 6.04 Å². The smallest absolute Gasteiger partial charge is 0.353 e. The van der Waals surface area contributed by atoms with Crippen LogP contribution in [0.4, 0.5) is 18.9 Å². The van der Waals surface area contributed by atoms with Gasteiger partial charge in [-0.25, -0.2) is 0 Å².